The Balaban J connectivity index is 2.07. The molecule has 0 spiro atoms. The number of nitrogens with one attached hydrogen (secondary N) is 1. The molecule has 0 amide bonds. The fourth-order valence-electron chi connectivity index (χ4n) is 1.83. The third-order valence-corrected chi connectivity index (χ3v) is 3.49. The highest BCUT2D eigenvalue weighted by atomic mass is 79.9. The molecule has 0 unspecified atom stereocenters. The predicted molar refractivity (Wildman–Crippen MR) is 78.5 cm³/mol. The van der Waals surface area contributed by atoms with E-state index < -0.39 is 0 Å². The first-order valence-corrected chi connectivity index (χ1v) is 6.85. The summed E-state index contributed by atoms with van der Waals surface area (Å²) in [6.07, 6.45) is 5.26. The molecule has 5 nitrogen and oxygen atoms in total. The summed E-state index contributed by atoms with van der Waals surface area (Å²) in [4.78, 5) is 16.1. The molecule has 0 atom stereocenters. The normalized spacial score (nSPS) is 11.1. The fourth-order valence-corrected chi connectivity index (χ4v) is 2.42. The summed E-state index contributed by atoms with van der Waals surface area (Å²) < 4.78 is 3.46. The maximum absolute atomic E-state index is 5.33. The fraction of sp³-hybridized carbons (Fsp3) is 0.167. The Hall–Kier alpha value is -1.60. The molecule has 19 heavy (non-hydrogen) atoms. The number of aromatic amines is 1. The van der Waals surface area contributed by atoms with Gasteiger partial charge in [-0.25, -0.2) is 4.98 Å². The minimum Gasteiger partial charge on any atom is -0.329 e. The lowest BCUT2D eigenvalue weighted by Gasteiger charge is -2.03. The molecule has 0 saturated carbocycles. The van der Waals surface area contributed by atoms with Gasteiger partial charge >= 0.3 is 0 Å². The van der Waals surface area contributed by atoms with Gasteiger partial charge in [-0.05, 0) is 41.1 Å². The van der Waals surface area contributed by atoms with Crippen molar-refractivity contribution in [1.82, 2.24) is 24.5 Å². The maximum Gasteiger partial charge on any atom is 0.179 e. The van der Waals surface area contributed by atoms with Crippen LogP contribution in [0.25, 0.3) is 11.2 Å². The average Bonchev–Trinajstić information content (AvgIpc) is 2.68. The van der Waals surface area contributed by atoms with E-state index in [0.717, 1.165) is 27.0 Å². The summed E-state index contributed by atoms with van der Waals surface area (Å²) in [6.45, 7) is 2.47. The molecule has 96 valence electrons. The van der Waals surface area contributed by atoms with Crippen LogP contribution in [-0.2, 0) is 6.54 Å². The van der Waals surface area contributed by atoms with Gasteiger partial charge in [0.2, 0.25) is 0 Å². The van der Waals surface area contributed by atoms with Crippen molar-refractivity contribution < 1.29 is 0 Å². The Morgan fingerprint density at radius 1 is 1.26 bits per heavy atom. The molecule has 3 heterocycles. The van der Waals surface area contributed by atoms with Crippen LogP contribution in [0.2, 0.25) is 0 Å². The molecular formula is C12H10BrN5S. The van der Waals surface area contributed by atoms with Crippen LogP contribution in [0.15, 0.2) is 29.1 Å². The van der Waals surface area contributed by atoms with E-state index in [4.69, 9.17) is 12.2 Å². The molecule has 3 aromatic rings. The van der Waals surface area contributed by atoms with Crippen molar-refractivity contribution >= 4 is 39.3 Å². The van der Waals surface area contributed by atoms with Gasteiger partial charge in [0.1, 0.15) is 0 Å². The highest BCUT2D eigenvalue weighted by Gasteiger charge is 2.07. The van der Waals surface area contributed by atoms with Crippen LogP contribution in [0.5, 0.6) is 0 Å². The number of fused-ring (bicyclic) bond motifs is 1. The molecule has 0 aliphatic heterocycles. The summed E-state index contributed by atoms with van der Waals surface area (Å²) in [6, 6.07) is 1.95. The lowest BCUT2D eigenvalue weighted by molar-refractivity contribution is 0.768. The first-order valence-electron chi connectivity index (χ1n) is 5.65. The minimum atomic E-state index is 0.556. The third-order valence-electron chi connectivity index (χ3n) is 2.73. The molecule has 0 bridgehead atoms. The van der Waals surface area contributed by atoms with E-state index in [-0.39, 0.29) is 0 Å². The van der Waals surface area contributed by atoms with Gasteiger partial charge < -0.3 is 4.98 Å². The van der Waals surface area contributed by atoms with Crippen molar-refractivity contribution in [3.63, 3.8) is 0 Å². The molecule has 1 N–H and O–H groups in total. The summed E-state index contributed by atoms with van der Waals surface area (Å²) in [5, 5.41) is 0. The smallest absolute Gasteiger partial charge is 0.179 e. The number of nitrogens with zero attached hydrogens (tertiary/aromatic N) is 4. The summed E-state index contributed by atoms with van der Waals surface area (Å²) in [5.41, 5.74) is 3.47. The Bertz CT molecular complexity index is 790. The zero-order valence-electron chi connectivity index (χ0n) is 10.1. The molecule has 0 saturated heterocycles. The Morgan fingerprint density at radius 2 is 2.11 bits per heavy atom. The number of imidazole rings is 1. The van der Waals surface area contributed by atoms with Gasteiger partial charge in [-0.15, -0.1) is 0 Å². The number of aromatic nitrogens is 5. The van der Waals surface area contributed by atoms with Gasteiger partial charge in [-0.2, -0.15) is 0 Å². The summed E-state index contributed by atoms with van der Waals surface area (Å²) in [7, 11) is 0. The highest BCUT2D eigenvalue weighted by Crippen LogP contribution is 2.17. The Labute approximate surface area is 122 Å². The topological polar surface area (TPSA) is 59.4 Å². The number of hydrogen-bond donors (Lipinski definition) is 1. The van der Waals surface area contributed by atoms with E-state index in [9.17, 15) is 0 Å². The number of hydrogen-bond acceptors (Lipinski definition) is 4. The SMILES string of the molecule is Cc1cnc(Cn2c(=S)[nH]c3cc(Br)cnc32)cn1. The second kappa shape index (κ2) is 4.82. The zero-order valence-corrected chi connectivity index (χ0v) is 12.5. The molecule has 7 heteroatoms. The first kappa shape index (κ1) is 12.4. The average molecular weight is 336 g/mol. The summed E-state index contributed by atoms with van der Waals surface area (Å²) >= 11 is 8.72. The van der Waals surface area contributed by atoms with Crippen molar-refractivity contribution in [2.75, 3.05) is 0 Å². The molecule has 0 aliphatic rings. The molecule has 0 aromatic carbocycles. The van der Waals surface area contributed by atoms with Gasteiger partial charge in [-0.3, -0.25) is 14.5 Å². The van der Waals surface area contributed by atoms with E-state index in [0.29, 0.717) is 11.3 Å². The first-order chi connectivity index (χ1) is 9.13. The van der Waals surface area contributed by atoms with E-state index in [1.807, 2.05) is 17.6 Å². The Morgan fingerprint density at radius 3 is 2.84 bits per heavy atom. The molecular weight excluding hydrogens is 326 g/mol. The molecule has 0 radical (unpaired) electrons. The highest BCUT2D eigenvalue weighted by molar-refractivity contribution is 9.10. The number of pyridine rings is 1. The van der Waals surface area contributed by atoms with Gasteiger partial charge in [0, 0.05) is 16.9 Å². The standard InChI is InChI=1S/C12H10BrN5S/c1-7-3-15-9(5-14-7)6-18-11-10(17-12(18)19)2-8(13)4-16-11/h2-5H,6H2,1H3,(H,17,19). The van der Waals surface area contributed by atoms with Crippen molar-refractivity contribution in [2.45, 2.75) is 13.5 Å². The molecule has 0 fully saturated rings. The van der Waals surface area contributed by atoms with E-state index in [1.165, 1.54) is 0 Å². The Kier molecular flexibility index (Phi) is 3.16. The molecule has 3 rings (SSSR count). The summed E-state index contributed by atoms with van der Waals surface area (Å²) in [5.74, 6) is 0. The second-order valence-corrected chi connectivity index (χ2v) is 5.49. The molecule has 3 aromatic heterocycles. The van der Waals surface area contributed by atoms with Crippen LogP contribution in [0.3, 0.4) is 0 Å². The lowest BCUT2D eigenvalue weighted by atomic mass is 10.4. The van der Waals surface area contributed by atoms with Crippen molar-refractivity contribution in [3.8, 4) is 0 Å². The largest absolute Gasteiger partial charge is 0.329 e. The lowest BCUT2D eigenvalue weighted by Crippen LogP contribution is -2.03. The van der Waals surface area contributed by atoms with Gasteiger partial charge in [0.25, 0.3) is 0 Å². The van der Waals surface area contributed by atoms with Crippen molar-refractivity contribution in [3.05, 3.63) is 45.3 Å². The monoisotopic (exact) mass is 335 g/mol. The van der Waals surface area contributed by atoms with Crippen LogP contribution < -0.4 is 0 Å². The zero-order chi connectivity index (χ0) is 13.4. The number of aryl methyl sites for hydroxylation is 1. The second-order valence-electron chi connectivity index (χ2n) is 4.19. The number of H-pyrrole nitrogens is 1. The van der Waals surface area contributed by atoms with E-state index in [1.54, 1.807) is 18.6 Å². The van der Waals surface area contributed by atoms with Crippen LogP contribution in [-0.4, -0.2) is 24.5 Å². The van der Waals surface area contributed by atoms with Gasteiger partial charge in [0.05, 0.1) is 29.6 Å². The maximum atomic E-state index is 5.33. The third kappa shape index (κ3) is 2.43. The van der Waals surface area contributed by atoms with Crippen molar-refractivity contribution in [1.29, 1.82) is 0 Å². The van der Waals surface area contributed by atoms with Crippen LogP contribution in [0, 0.1) is 11.7 Å². The van der Waals surface area contributed by atoms with Gasteiger partial charge in [0.15, 0.2) is 10.4 Å². The van der Waals surface area contributed by atoms with E-state index in [2.05, 4.69) is 35.9 Å². The molecule has 0 aliphatic carbocycles. The van der Waals surface area contributed by atoms with Crippen LogP contribution in [0.4, 0.5) is 0 Å². The number of halogens is 1. The van der Waals surface area contributed by atoms with Crippen molar-refractivity contribution in [2.24, 2.45) is 0 Å². The van der Waals surface area contributed by atoms with Gasteiger partial charge in [-0.1, -0.05) is 0 Å². The quantitative estimate of drug-likeness (QED) is 0.731. The van der Waals surface area contributed by atoms with Crippen LogP contribution in [0.1, 0.15) is 11.4 Å². The van der Waals surface area contributed by atoms with Crippen LogP contribution >= 0.6 is 28.1 Å². The predicted octanol–water partition coefficient (Wildman–Crippen LogP) is 3.00. The number of rotatable bonds is 2. The minimum absolute atomic E-state index is 0.556. The van der Waals surface area contributed by atoms with E-state index >= 15 is 0 Å².